The third kappa shape index (κ3) is 18.2. The summed E-state index contributed by atoms with van der Waals surface area (Å²) in [5.41, 5.74) is 9.98. The summed E-state index contributed by atoms with van der Waals surface area (Å²) in [5.74, 6) is 0.395. The molecule has 0 aliphatic heterocycles. The monoisotopic (exact) mass is 798 g/mol. The van der Waals surface area contributed by atoms with Crippen molar-refractivity contribution in [3.8, 4) is 11.1 Å². The van der Waals surface area contributed by atoms with Crippen molar-refractivity contribution in [3.63, 3.8) is 0 Å². The molecule has 0 bridgehead atoms. The van der Waals surface area contributed by atoms with E-state index in [1.807, 2.05) is 0 Å². The summed E-state index contributed by atoms with van der Waals surface area (Å²) in [5, 5.41) is 0. The maximum absolute atomic E-state index is 3.91. The molecule has 5 heteroatoms. The second-order valence-electron chi connectivity index (χ2n) is 15.3. The molecule has 1 aliphatic carbocycles. The van der Waals surface area contributed by atoms with Crippen LogP contribution in [0.5, 0.6) is 0 Å². The van der Waals surface area contributed by atoms with Gasteiger partial charge in [0.2, 0.25) is 0 Å². The molecule has 230 valence electrons. The van der Waals surface area contributed by atoms with E-state index in [2.05, 4.69) is 178 Å². The topological polar surface area (TPSA) is 0 Å². The first kappa shape index (κ1) is 41.4. The van der Waals surface area contributed by atoms with Crippen LogP contribution in [0.1, 0.15) is 35.1 Å². The van der Waals surface area contributed by atoms with Crippen LogP contribution in [-0.2, 0) is 32.0 Å². The van der Waals surface area contributed by atoms with E-state index in [9.17, 15) is 0 Å². The van der Waals surface area contributed by atoms with E-state index in [1.165, 1.54) is 45.1 Å². The Morgan fingerprint density at radius 3 is 1.52 bits per heavy atom. The Bertz CT molecular complexity index is 1180. The summed E-state index contributed by atoms with van der Waals surface area (Å²) < 4.78 is 0. The smallest absolute Gasteiger partial charge is 0.0817 e. The van der Waals surface area contributed by atoms with Crippen LogP contribution in [0, 0.1) is 19.6 Å². The van der Waals surface area contributed by atoms with Gasteiger partial charge in [-0.3, -0.25) is 0 Å². The van der Waals surface area contributed by atoms with Gasteiger partial charge in [-0.15, -0.1) is 24.2 Å². The van der Waals surface area contributed by atoms with Crippen molar-refractivity contribution in [2.45, 2.75) is 77.9 Å². The van der Waals surface area contributed by atoms with Crippen LogP contribution >= 0.6 is 7.92 Å². The molecule has 3 aromatic carbocycles. The van der Waals surface area contributed by atoms with E-state index in [0.717, 1.165) is 0 Å². The molecule has 3 aromatic rings. The molecule has 1 unspecified atom stereocenters. The quantitative estimate of drug-likeness (QED) is 0.140. The molecule has 0 N–H and O–H groups in total. The molecule has 42 heavy (non-hydrogen) atoms. The first-order valence-corrected chi connectivity index (χ1v) is 28.8. The molecule has 0 spiro atoms. The SMILES string of the molecule is CC1=Cc2c(-c3ccccc3)cccc2C1c1ccccc1C[PH+](C)C.[CH2-][Si](C)(C)C.[CH2-][Si](C)(C)C.[CH2-][Si](C)(C)C.[Hf]. The number of allylic oxidation sites excluding steroid dienone is 1. The third-order valence-electron chi connectivity index (χ3n) is 5.27. The van der Waals surface area contributed by atoms with Crippen molar-refractivity contribution < 1.29 is 25.8 Å². The molecule has 0 nitrogen and oxygen atoms in total. The Morgan fingerprint density at radius 1 is 0.619 bits per heavy atom. The fraction of sp³-hybridized carbons (Fsp3) is 0.378. The van der Waals surface area contributed by atoms with Gasteiger partial charge in [0, 0.05) is 45.1 Å². The van der Waals surface area contributed by atoms with Gasteiger partial charge >= 0.3 is 0 Å². The van der Waals surface area contributed by atoms with Crippen molar-refractivity contribution in [3.05, 3.63) is 120 Å². The predicted molar refractivity (Wildman–Crippen MR) is 204 cm³/mol. The largest absolute Gasteiger partial charge is 0.342 e. The molecular weight excluding hydrogens is 738 g/mol. The summed E-state index contributed by atoms with van der Waals surface area (Å²) in [6.07, 6.45) is 3.64. The van der Waals surface area contributed by atoms with Crippen LogP contribution in [0.3, 0.4) is 0 Å². The van der Waals surface area contributed by atoms with Crippen molar-refractivity contribution >= 4 is 38.2 Å². The Morgan fingerprint density at radius 2 is 1.05 bits per heavy atom. The van der Waals surface area contributed by atoms with E-state index in [0.29, 0.717) is 5.92 Å². The van der Waals surface area contributed by atoms with E-state index in [-0.39, 0.29) is 33.8 Å². The van der Waals surface area contributed by atoms with Crippen molar-refractivity contribution in [1.29, 1.82) is 0 Å². The van der Waals surface area contributed by atoms with Gasteiger partial charge in [-0.2, -0.15) is 0 Å². The standard InChI is InChI=1S/C25H25P.3C4H11Si.Hf/c1-18-16-24-21(19-10-5-4-6-11-19)14-9-15-23(24)25(18)22-13-8-7-12-20(22)17-26(2)3;3*1-5(2,3)4;/h4-16,25H,17H2,1-3H3;3*1H2,2-4H3;/q;3*-1;/p+1. The molecule has 0 radical (unpaired) electrons. The van der Waals surface area contributed by atoms with Gasteiger partial charge in [0.25, 0.3) is 0 Å². The van der Waals surface area contributed by atoms with E-state index in [4.69, 9.17) is 0 Å². The summed E-state index contributed by atoms with van der Waals surface area (Å²) in [6.45, 7) is 38.8. The predicted octanol–water partition coefficient (Wildman–Crippen LogP) is 12.0. The summed E-state index contributed by atoms with van der Waals surface area (Å²) in [4.78, 5) is 0. The van der Waals surface area contributed by atoms with Gasteiger partial charge in [-0.25, -0.2) is 0 Å². The van der Waals surface area contributed by atoms with Crippen LogP contribution in [0.15, 0.2) is 78.4 Å². The zero-order chi connectivity index (χ0) is 31.6. The third-order valence-corrected chi connectivity index (χ3v) is 6.36. The average Bonchev–Trinajstić information content (AvgIpc) is 3.12. The Labute approximate surface area is 284 Å². The number of hydrogen-bond acceptors (Lipinski definition) is 0. The summed E-state index contributed by atoms with van der Waals surface area (Å²) in [7, 11) is -2.89. The van der Waals surface area contributed by atoms with E-state index < -0.39 is 24.2 Å². The molecule has 4 rings (SSSR count). The van der Waals surface area contributed by atoms with Gasteiger partial charge in [-0.1, -0.05) is 143 Å². The Hall–Kier alpha value is -0.649. The molecule has 0 amide bonds. The number of hydrogen-bond donors (Lipinski definition) is 0. The van der Waals surface area contributed by atoms with Gasteiger partial charge in [0.05, 0.1) is 6.16 Å². The molecular formula is C37H59HfPSi3-2. The molecule has 1 atom stereocenters. The normalized spacial score (nSPS) is 14.1. The minimum Gasteiger partial charge on any atom is -0.342 e. The molecule has 0 saturated carbocycles. The van der Waals surface area contributed by atoms with E-state index >= 15 is 0 Å². The fourth-order valence-corrected chi connectivity index (χ4v) is 5.28. The van der Waals surface area contributed by atoms with Crippen LogP contribution in [0.2, 0.25) is 58.9 Å². The van der Waals surface area contributed by atoms with Gasteiger partial charge in [0.15, 0.2) is 0 Å². The molecule has 0 aromatic heterocycles. The first-order valence-electron chi connectivity index (χ1n) is 14.9. The summed E-state index contributed by atoms with van der Waals surface area (Å²) in [6, 6.07) is 26.6. The Kier molecular flexibility index (Phi) is 18.1. The number of benzene rings is 3. The zero-order valence-corrected chi connectivity index (χ0v) is 36.5. The van der Waals surface area contributed by atoms with Crippen LogP contribution in [0.25, 0.3) is 17.2 Å². The first-order chi connectivity index (χ1) is 18.6. The van der Waals surface area contributed by atoms with Gasteiger partial charge in [-0.05, 0) is 48.2 Å². The number of fused-ring (bicyclic) bond motifs is 1. The van der Waals surface area contributed by atoms with Crippen LogP contribution < -0.4 is 0 Å². The van der Waals surface area contributed by atoms with Crippen LogP contribution in [-0.4, -0.2) is 37.6 Å². The van der Waals surface area contributed by atoms with Crippen molar-refractivity contribution in [2.24, 2.45) is 0 Å². The second-order valence-corrected chi connectivity index (χ2v) is 33.4. The van der Waals surface area contributed by atoms with Gasteiger partial charge < -0.3 is 19.6 Å². The minimum atomic E-state index is -0.861. The molecule has 0 fully saturated rings. The second kappa shape index (κ2) is 18.4. The average molecular weight is 798 g/mol. The Balaban J connectivity index is 0.000000876. The van der Waals surface area contributed by atoms with Crippen LogP contribution in [0.4, 0.5) is 0 Å². The van der Waals surface area contributed by atoms with Crippen molar-refractivity contribution in [1.82, 2.24) is 0 Å². The minimum absolute atomic E-state index is 0. The van der Waals surface area contributed by atoms with Crippen molar-refractivity contribution in [2.75, 3.05) is 13.3 Å². The summed E-state index contributed by atoms with van der Waals surface area (Å²) >= 11 is 0. The maximum Gasteiger partial charge on any atom is 0.0817 e. The number of rotatable bonds is 4. The zero-order valence-electron chi connectivity index (χ0n) is 28.9. The fourth-order valence-electron chi connectivity index (χ4n) is 4.19. The molecule has 0 heterocycles. The molecule has 0 saturated heterocycles. The van der Waals surface area contributed by atoms with E-state index in [1.54, 1.807) is 0 Å². The molecule has 1 aliphatic rings. The van der Waals surface area contributed by atoms with Gasteiger partial charge in [0.1, 0.15) is 0 Å². The maximum atomic E-state index is 3.91.